The Kier molecular flexibility index (Phi) is 5.75. The Labute approximate surface area is 180 Å². The third-order valence-corrected chi connectivity index (χ3v) is 5.67. The van der Waals surface area contributed by atoms with E-state index in [9.17, 15) is 18.0 Å². The van der Waals surface area contributed by atoms with Gasteiger partial charge in [0.25, 0.3) is 0 Å². The largest absolute Gasteiger partial charge is 0.482 e. The van der Waals surface area contributed by atoms with Crippen molar-refractivity contribution in [3.05, 3.63) is 52.7 Å². The Morgan fingerprint density at radius 2 is 1.90 bits per heavy atom. The van der Waals surface area contributed by atoms with E-state index >= 15 is 0 Å². The van der Waals surface area contributed by atoms with Gasteiger partial charge in [-0.2, -0.15) is 13.2 Å². The Morgan fingerprint density at radius 3 is 2.58 bits per heavy atom. The standard InChI is InChI=1S/C22H19ClF3NO4/c23-18-9-14(30-11-20(28)29)8-17(22(24,25)26)21(18)31-13-5-6-19-15(7-13)16(10-27-19)12-3-1-2-4-12/h5-10,12,27H,1-4,11H2,(H,28,29). The van der Waals surface area contributed by atoms with Crippen molar-refractivity contribution in [1.29, 1.82) is 0 Å². The fourth-order valence-corrected chi connectivity index (χ4v) is 4.24. The van der Waals surface area contributed by atoms with E-state index in [4.69, 9.17) is 26.2 Å². The third kappa shape index (κ3) is 4.58. The molecule has 1 aliphatic carbocycles. The quantitative estimate of drug-likeness (QED) is 0.433. The van der Waals surface area contributed by atoms with Crippen molar-refractivity contribution in [2.75, 3.05) is 6.61 Å². The van der Waals surface area contributed by atoms with Gasteiger partial charge in [0.1, 0.15) is 17.1 Å². The van der Waals surface area contributed by atoms with Crippen LogP contribution in [0.5, 0.6) is 17.2 Å². The topological polar surface area (TPSA) is 71.6 Å². The van der Waals surface area contributed by atoms with Gasteiger partial charge in [-0.25, -0.2) is 4.79 Å². The molecule has 0 aliphatic heterocycles. The zero-order chi connectivity index (χ0) is 22.2. The summed E-state index contributed by atoms with van der Waals surface area (Å²) in [6.07, 6.45) is 1.66. The van der Waals surface area contributed by atoms with E-state index in [1.165, 1.54) is 0 Å². The second-order valence-electron chi connectivity index (χ2n) is 7.50. The van der Waals surface area contributed by atoms with Crippen molar-refractivity contribution in [3.63, 3.8) is 0 Å². The van der Waals surface area contributed by atoms with Crippen LogP contribution in [0.4, 0.5) is 13.2 Å². The number of alkyl halides is 3. The lowest BCUT2D eigenvalue weighted by Gasteiger charge is -2.17. The number of carbonyl (C=O) groups is 1. The molecule has 1 aromatic heterocycles. The maximum absolute atomic E-state index is 13.7. The molecular formula is C22H19ClF3NO4. The van der Waals surface area contributed by atoms with Crippen LogP contribution in [0.25, 0.3) is 10.9 Å². The van der Waals surface area contributed by atoms with E-state index < -0.39 is 30.1 Å². The molecule has 1 heterocycles. The third-order valence-electron chi connectivity index (χ3n) is 5.38. The van der Waals surface area contributed by atoms with Crippen molar-refractivity contribution in [2.45, 2.75) is 37.8 Å². The molecule has 0 radical (unpaired) electrons. The molecular weight excluding hydrogens is 435 g/mol. The zero-order valence-corrected chi connectivity index (χ0v) is 17.0. The molecule has 5 nitrogen and oxygen atoms in total. The first-order valence-electron chi connectivity index (χ1n) is 9.76. The van der Waals surface area contributed by atoms with Crippen LogP contribution < -0.4 is 9.47 Å². The molecule has 0 amide bonds. The first-order valence-corrected chi connectivity index (χ1v) is 10.1. The lowest BCUT2D eigenvalue weighted by molar-refractivity contribution is -0.139. The lowest BCUT2D eigenvalue weighted by atomic mass is 9.97. The first-order chi connectivity index (χ1) is 14.7. The van der Waals surface area contributed by atoms with Gasteiger partial charge in [-0.05, 0) is 48.6 Å². The van der Waals surface area contributed by atoms with E-state index in [-0.39, 0.29) is 16.5 Å². The van der Waals surface area contributed by atoms with Gasteiger partial charge in [-0.15, -0.1) is 0 Å². The van der Waals surface area contributed by atoms with E-state index in [1.807, 2.05) is 6.20 Å². The molecule has 9 heteroatoms. The number of carboxylic acids is 1. The number of carboxylic acid groups (broad SMARTS) is 1. The number of aromatic nitrogens is 1. The van der Waals surface area contributed by atoms with E-state index in [1.54, 1.807) is 18.2 Å². The average Bonchev–Trinajstić information content (AvgIpc) is 3.36. The Hall–Kier alpha value is -2.87. The van der Waals surface area contributed by atoms with Crippen LogP contribution in [0.2, 0.25) is 5.02 Å². The second-order valence-corrected chi connectivity index (χ2v) is 7.90. The van der Waals surface area contributed by atoms with Gasteiger partial charge in [0.2, 0.25) is 0 Å². The number of rotatable bonds is 6. The summed E-state index contributed by atoms with van der Waals surface area (Å²) >= 11 is 6.08. The number of aromatic amines is 1. The zero-order valence-electron chi connectivity index (χ0n) is 16.3. The van der Waals surface area contributed by atoms with Crippen molar-refractivity contribution >= 4 is 28.5 Å². The van der Waals surface area contributed by atoms with E-state index in [0.717, 1.165) is 48.2 Å². The summed E-state index contributed by atoms with van der Waals surface area (Å²) in [6, 6.07) is 6.83. The van der Waals surface area contributed by atoms with Gasteiger partial charge >= 0.3 is 12.1 Å². The molecule has 1 aliphatic rings. The Morgan fingerprint density at radius 1 is 1.16 bits per heavy atom. The van der Waals surface area contributed by atoms with Crippen LogP contribution in [0.3, 0.4) is 0 Å². The molecule has 31 heavy (non-hydrogen) atoms. The summed E-state index contributed by atoms with van der Waals surface area (Å²) in [7, 11) is 0. The summed E-state index contributed by atoms with van der Waals surface area (Å²) < 4.78 is 51.5. The lowest BCUT2D eigenvalue weighted by Crippen LogP contribution is -2.12. The molecule has 2 aromatic carbocycles. The van der Waals surface area contributed by atoms with Gasteiger partial charge in [-0.1, -0.05) is 24.4 Å². The summed E-state index contributed by atoms with van der Waals surface area (Å²) in [6.45, 7) is -0.790. The van der Waals surface area contributed by atoms with Gasteiger partial charge in [0.05, 0.1) is 5.02 Å². The first kappa shape index (κ1) is 21.4. The average molecular weight is 454 g/mol. The maximum Gasteiger partial charge on any atom is 0.420 e. The molecule has 1 saturated carbocycles. The number of aliphatic carboxylic acids is 1. The van der Waals surface area contributed by atoms with Gasteiger partial charge in [0, 0.05) is 23.2 Å². The van der Waals surface area contributed by atoms with Crippen LogP contribution in [0, 0.1) is 0 Å². The highest BCUT2D eigenvalue weighted by Gasteiger charge is 2.37. The summed E-state index contributed by atoms with van der Waals surface area (Å²) in [5, 5.41) is 9.26. The number of halogens is 4. The number of hydrogen-bond donors (Lipinski definition) is 2. The van der Waals surface area contributed by atoms with Crippen molar-refractivity contribution in [3.8, 4) is 17.2 Å². The van der Waals surface area contributed by atoms with Gasteiger partial charge < -0.3 is 19.6 Å². The molecule has 1 fully saturated rings. The predicted molar refractivity (Wildman–Crippen MR) is 109 cm³/mol. The molecule has 2 N–H and O–H groups in total. The molecule has 0 atom stereocenters. The number of fused-ring (bicyclic) bond motifs is 1. The second kappa shape index (κ2) is 8.34. The van der Waals surface area contributed by atoms with Crippen LogP contribution in [0.1, 0.15) is 42.7 Å². The minimum Gasteiger partial charge on any atom is -0.482 e. The molecule has 4 rings (SSSR count). The van der Waals surface area contributed by atoms with Crippen LogP contribution in [-0.2, 0) is 11.0 Å². The van der Waals surface area contributed by atoms with Crippen LogP contribution in [-0.4, -0.2) is 22.7 Å². The number of benzene rings is 2. The molecule has 0 spiro atoms. The summed E-state index contributed by atoms with van der Waals surface area (Å²) in [4.78, 5) is 13.9. The minimum atomic E-state index is -4.78. The fraction of sp³-hybridized carbons (Fsp3) is 0.318. The SMILES string of the molecule is O=C(O)COc1cc(Cl)c(Oc2ccc3[nH]cc(C4CCCC4)c3c2)c(C(F)(F)F)c1. The van der Waals surface area contributed by atoms with Crippen molar-refractivity contribution in [2.24, 2.45) is 0 Å². The number of H-pyrrole nitrogens is 1. The smallest absolute Gasteiger partial charge is 0.420 e. The Bertz CT molecular complexity index is 1120. The molecule has 0 bridgehead atoms. The molecule has 164 valence electrons. The van der Waals surface area contributed by atoms with Crippen molar-refractivity contribution in [1.82, 2.24) is 4.98 Å². The van der Waals surface area contributed by atoms with Gasteiger partial charge in [0.15, 0.2) is 12.4 Å². The molecule has 0 unspecified atom stereocenters. The monoisotopic (exact) mass is 453 g/mol. The number of nitrogens with one attached hydrogen (secondary N) is 1. The van der Waals surface area contributed by atoms with Gasteiger partial charge in [-0.3, -0.25) is 0 Å². The minimum absolute atomic E-state index is 0.220. The van der Waals surface area contributed by atoms with Crippen LogP contribution >= 0.6 is 11.6 Å². The highest BCUT2D eigenvalue weighted by atomic mass is 35.5. The predicted octanol–water partition coefficient (Wildman–Crippen LogP) is 6.75. The van der Waals surface area contributed by atoms with Crippen molar-refractivity contribution < 1.29 is 32.5 Å². The number of hydrogen-bond acceptors (Lipinski definition) is 3. The Balaban J connectivity index is 1.70. The molecule has 0 saturated heterocycles. The normalized spacial score (nSPS) is 14.8. The summed E-state index contributed by atoms with van der Waals surface area (Å²) in [5.74, 6) is -1.55. The highest BCUT2D eigenvalue weighted by molar-refractivity contribution is 6.32. The fourth-order valence-electron chi connectivity index (χ4n) is 3.99. The van der Waals surface area contributed by atoms with E-state index in [0.29, 0.717) is 12.0 Å². The molecule has 3 aromatic rings. The highest BCUT2D eigenvalue weighted by Crippen LogP contribution is 2.45. The number of ether oxygens (including phenoxy) is 2. The maximum atomic E-state index is 13.7. The van der Waals surface area contributed by atoms with E-state index in [2.05, 4.69) is 4.98 Å². The summed E-state index contributed by atoms with van der Waals surface area (Å²) in [5.41, 5.74) is 0.872. The van der Waals surface area contributed by atoms with Crippen LogP contribution in [0.15, 0.2) is 36.5 Å².